The number of halogens is 2. The first kappa shape index (κ1) is 14.7. The number of nitrogens with zero attached hydrogens (tertiary/aromatic N) is 1. The van der Waals surface area contributed by atoms with E-state index in [4.69, 9.17) is 16.3 Å². The number of benzene rings is 1. The van der Waals surface area contributed by atoms with E-state index in [2.05, 4.69) is 0 Å². The molecule has 1 aromatic rings. The van der Waals surface area contributed by atoms with E-state index in [1.165, 1.54) is 16.4 Å². The van der Waals surface area contributed by atoms with Crippen molar-refractivity contribution in [2.24, 2.45) is 0 Å². The number of ether oxygens (including phenoxy) is 1. The van der Waals surface area contributed by atoms with Crippen LogP contribution in [0.1, 0.15) is 12.5 Å². The van der Waals surface area contributed by atoms with Gasteiger partial charge in [-0.2, -0.15) is 4.31 Å². The van der Waals surface area contributed by atoms with Gasteiger partial charge in [0.05, 0.1) is 18.1 Å². The average Bonchev–Trinajstić information content (AvgIpc) is 2.39. The second-order valence-corrected chi connectivity index (χ2v) is 6.55. The smallest absolute Gasteiger partial charge is 0.243 e. The molecule has 0 saturated carbocycles. The molecule has 1 aromatic carbocycles. The molecule has 0 N–H and O–H groups in total. The van der Waals surface area contributed by atoms with Gasteiger partial charge in [-0.1, -0.05) is 6.07 Å². The normalized spacial score (nSPS) is 21.5. The maximum Gasteiger partial charge on any atom is 0.243 e. The SMILES string of the molecule is CC1COCCN1S(=O)(=O)c1cc(F)ccc1CCl. The van der Waals surface area contributed by atoms with Crippen LogP contribution in [-0.2, 0) is 20.6 Å². The van der Waals surface area contributed by atoms with Crippen LogP contribution < -0.4 is 0 Å². The zero-order valence-electron chi connectivity index (χ0n) is 10.5. The minimum absolute atomic E-state index is 0.0214. The summed E-state index contributed by atoms with van der Waals surface area (Å²) in [6.07, 6.45) is 0. The van der Waals surface area contributed by atoms with Crippen molar-refractivity contribution in [1.82, 2.24) is 4.31 Å². The molecular weight excluding hydrogens is 293 g/mol. The van der Waals surface area contributed by atoms with Crippen molar-refractivity contribution in [3.63, 3.8) is 0 Å². The number of hydrogen-bond acceptors (Lipinski definition) is 3. The van der Waals surface area contributed by atoms with E-state index in [9.17, 15) is 12.8 Å². The molecule has 1 atom stereocenters. The Kier molecular flexibility index (Phi) is 4.45. The molecule has 0 aliphatic carbocycles. The molecular formula is C12H15ClFNO3S. The largest absolute Gasteiger partial charge is 0.378 e. The second-order valence-electron chi connectivity index (χ2n) is 4.43. The summed E-state index contributed by atoms with van der Waals surface area (Å²) in [5.41, 5.74) is 0.404. The van der Waals surface area contributed by atoms with Crippen molar-refractivity contribution >= 4 is 21.6 Å². The number of rotatable bonds is 3. The molecule has 2 rings (SSSR count). The zero-order chi connectivity index (χ0) is 14.0. The lowest BCUT2D eigenvalue weighted by atomic mass is 10.2. The predicted molar refractivity (Wildman–Crippen MR) is 70.1 cm³/mol. The van der Waals surface area contributed by atoms with E-state index in [0.717, 1.165) is 6.07 Å². The van der Waals surface area contributed by atoms with Crippen LogP contribution in [0.4, 0.5) is 4.39 Å². The van der Waals surface area contributed by atoms with Crippen molar-refractivity contribution in [2.75, 3.05) is 19.8 Å². The van der Waals surface area contributed by atoms with Gasteiger partial charge < -0.3 is 4.74 Å². The fourth-order valence-corrected chi connectivity index (χ4v) is 4.22. The third-order valence-electron chi connectivity index (χ3n) is 3.07. The Morgan fingerprint density at radius 1 is 1.53 bits per heavy atom. The monoisotopic (exact) mass is 307 g/mol. The molecule has 4 nitrogen and oxygen atoms in total. The summed E-state index contributed by atoms with van der Waals surface area (Å²) < 4.78 is 45.0. The molecule has 1 unspecified atom stereocenters. The van der Waals surface area contributed by atoms with Gasteiger partial charge in [0.15, 0.2) is 0 Å². The van der Waals surface area contributed by atoms with Gasteiger partial charge in [-0.25, -0.2) is 12.8 Å². The van der Waals surface area contributed by atoms with Crippen LogP contribution in [0.25, 0.3) is 0 Å². The van der Waals surface area contributed by atoms with Crippen LogP contribution in [0, 0.1) is 5.82 Å². The fourth-order valence-electron chi connectivity index (χ4n) is 2.07. The van der Waals surface area contributed by atoms with Gasteiger partial charge in [0.1, 0.15) is 5.82 Å². The minimum Gasteiger partial charge on any atom is -0.378 e. The molecule has 1 aliphatic heterocycles. The summed E-state index contributed by atoms with van der Waals surface area (Å²) in [7, 11) is -3.75. The molecule has 1 fully saturated rings. The van der Waals surface area contributed by atoms with Gasteiger partial charge in [0.25, 0.3) is 0 Å². The molecule has 1 aliphatic rings. The van der Waals surface area contributed by atoms with Crippen LogP contribution in [0.5, 0.6) is 0 Å². The van der Waals surface area contributed by atoms with Crippen molar-refractivity contribution in [2.45, 2.75) is 23.7 Å². The van der Waals surface area contributed by atoms with Crippen LogP contribution in [0.15, 0.2) is 23.1 Å². The summed E-state index contributed by atoms with van der Waals surface area (Å²) >= 11 is 5.74. The highest BCUT2D eigenvalue weighted by atomic mass is 35.5. The molecule has 19 heavy (non-hydrogen) atoms. The van der Waals surface area contributed by atoms with Gasteiger partial charge in [-0.05, 0) is 24.6 Å². The van der Waals surface area contributed by atoms with E-state index in [1.807, 2.05) is 0 Å². The lowest BCUT2D eigenvalue weighted by Crippen LogP contribution is -2.47. The Morgan fingerprint density at radius 2 is 2.26 bits per heavy atom. The summed E-state index contributed by atoms with van der Waals surface area (Å²) in [5, 5.41) is 0. The van der Waals surface area contributed by atoms with Crippen molar-refractivity contribution < 1.29 is 17.5 Å². The van der Waals surface area contributed by atoms with Crippen LogP contribution in [0.2, 0.25) is 0 Å². The molecule has 0 bridgehead atoms. The van der Waals surface area contributed by atoms with E-state index in [-0.39, 0.29) is 23.4 Å². The van der Waals surface area contributed by atoms with Crippen LogP contribution in [0.3, 0.4) is 0 Å². The van der Waals surface area contributed by atoms with E-state index in [0.29, 0.717) is 18.8 Å². The van der Waals surface area contributed by atoms with Gasteiger partial charge in [0, 0.05) is 18.5 Å². The minimum atomic E-state index is -3.75. The fraction of sp³-hybridized carbons (Fsp3) is 0.500. The molecule has 106 valence electrons. The Labute approximate surface area is 117 Å². The van der Waals surface area contributed by atoms with Gasteiger partial charge >= 0.3 is 0 Å². The van der Waals surface area contributed by atoms with Crippen molar-refractivity contribution in [3.05, 3.63) is 29.6 Å². The quantitative estimate of drug-likeness (QED) is 0.802. The van der Waals surface area contributed by atoms with Crippen molar-refractivity contribution in [3.8, 4) is 0 Å². The van der Waals surface area contributed by atoms with Crippen LogP contribution >= 0.6 is 11.6 Å². The molecule has 7 heteroatoms. The lowest BCUT2D eigenvalue weighted by molar-refractivity contribution is 0.0392. The van der Waals surface area contributed by atoms with Crippen LogP contribution in [-0.4, -0.2) is 38.5 Å². The standard InChI is InChI=1S/C12H15ClFNO3S/c1-9-8-18-5-4-15(9)19(16,17)12-6-11(14)3-2-10(12)7-13/h2-3,6,9H,4-5,7-8H2,1H3. The Balaban J connectivity index is 2.46. The molecule has 0 aromatic heterocycles. The zero-order valence-corrected chi connectivity index (χ0v) is 12.0. The van der Waals surface area contributed by atoms with Crippen molar-refractivity contribution in [1.29, 1.82) is 0 Å². The number of morpholine rings is 1. The summed E-state index contributed by atoms with van der Waals surface area (Å²) in [6, 6.07) is 3.36. The Bertz CT molecular complexity index is 564. The number of hydrogen-bond donors (Lipinski definition) is 0. The van der Waals surface area contributed by atoms with E-state index in [1.54, 1.807) is 6.92 Å². The average molecular weight is 308 g/mol. The summed E-state index contributed by atoms with van der Waals surface area (Å²) in [5.74, 6) is -0.568. The molecule has 0 amide bonds. The highest BCUT2D eigenvalue weighted by Crippen LogP contribution is 2.25. The summed E-state index contributed by atoms with van der Waals surface area (Å²) in [4.78, 5) is -0.0590. The maximum absolute atomic E-state index is 13.3. The van der Waals surface area contributed by atoms with E-state index >= 15 is 0 Å². The highest BCUT2D eigenvalue weighted by molar-refractivity contribution is 7.89. The number of alkyl halides is 1. The maximum atomic E-state index is 13.3. The topological polar surface area (TPSA) is 46.6 Å². The third kappa shape index (κ3) is 2.91. The highest BCUT2D eigenvalue weighted by Gasteiger charge is 2.33. The molecule has 1 saturated heterocycles. The van der Waals surface area contributed by atoms with E-state index < -0.39 is 15.8 Å². The Morgan fingerprint density at radius 3 is 2.89 bits per heavy atom. The molecule has 0 radical (unpaired) electrons. The first-order valence-electron chi connectivity index (χ1n) is 5.91. The lowest BCUT2D eigenvalue weighted by Gasteiger charge is -2.32. The molecule has 0 spiro atoms. The third-order valence-corrected chi connectivity index (χ3v) is 5.45. The number of sulfonamides is 1. The first-order chi connectivity index (χ1) is 8.96. The Hall–Kier alpha value is -0.690. The second kappa shape index (κ2) is 5.75. The first-order valence-corrected chi connectivity index (χ1v) is 7.88. The predicted octanol–water partition coefficient (Wildman–Crippen LogP) is 1.97. The molecule has 1 heterocycles. The summed E-state index contributed by atoms with van der Waals surface area (Å²) in [6.45, 7) is 2.71. The van der Waals surface area contributed by atoms with Gasteiger partial charge in [0.2, 0.25) is 10.0 Å². The van der Waals surface area contributed by atoms with Gasteiger partial charge in [-0.15, -0.1) is 11.6 Å². The van der Waals surface area contributed by atoms with Gasteiger partial charge in [-0.3, -0.25) is 0 Å².